The third kappa shape index (κ3) is 6.76. The van der Waals surface area contributed by atoms with Crippen molar-refractivity contribution in [1.82, 2.24) is 15.5 Å². The molecule has 140 valence electrons. The van der Waals surface area contributed by atoms with Gasteiger partial charge in [0.2, 0.25) is 0 Å². The number of rotatable bonds is 8. The fourth-order valence-corrected chi connectivity index (χ4v) is 2.60. The summed E-state index contributed by atoms with van der Waals surface area (Å²) < 4.78 is 5.27. The molecule has 5 heteroatoms. The molecule has 26 heavy (non-hydrogen) atoms. The average molecular weight is 354 g/mol. The Kier molecular flexibility index (Phi) is 7.96. The number of nitrogens with zero attached hydrogens (tertiary/aromatic N) is 2. The van der Waals surface area contributed by atoms with Crippen LogP contribution in [0.2, 0.25) is 0 Å². The van der Waals surface area contributed by atoms with Gasteiger partial charge in [0.1, 0.15) is 5.75 Å². The highest BCUT2D eigenvalue weighted by atomic mass is 16.5. The van der Waals surface area contributed by atoms with E-state index in [-0.39, 0.29) is 0 Å². The summed E-state index contributed by atoms with van der Waals surface area (Å²) in [4.78, 5) is 6.83. The minimum absolute atomic E-state index is 0.605. The van der Waals surface area contributed by atoms with Crippen LogP contribution < -0.4 is 15.4 Å². The first-order valence-electron chi connectivity index (χ1n) is 8.98. The first-order valence-corrected chi connectivity index (χ1v) is 8.98. The Morgan fingerprint density at radius 1 is 1.00 bits per heavy atom. The molecule has 2 N–H and O–H groups in total. The monoisotopic (exact) mass is 354 g/mol. The van der Waals surface area contributed by atoms with Crippen LogP contribution in [-0.2, 0) is 19.6 Å². The molecule has 2 rings (SSSR count). The topological polar surface area (TPSA) is 48.9 Å². The molecule has 5 nitrogen and oxygen atoms in total. The summed E-state index contributed by atoms with van der Waals surface area (Å²) in [6.07, 6.45) is 0. The van der Waals surface area contributed by atoms with Gasteiger partial charge in [-0.2, -0.15) is 0 Å². The lowest BCUT2D eigenvalue weighted by Crippen LogP contribution is -2.36. The molecule has 0 spiro atoms. The molecule has 2 aromatic carbocycles. The summed E-state index contributed by atoms with van der Waals surface area (Å²) in [5, 5.41) is 6.68. The van der Waals surface area contributed by atoms with E-state index in [9.17, 15) is 0 Å². The zero-order valence-electron chi connectivity index (χ0n) is 16.2. The Bertz CT molecular complexity index is 695. The van der Waals surface area contributed by atoms with Gasteiger partial charge in [0, 0.05) is 19.6 Å². The maximum absolute atomic E-state index is 5.27. The molecule has 2 aromatic rings. The number of hydrogen-bond donors (Lipinski definition) is 2. The third-order valence-electron chi connectivity index (χ3n) is 3.88. The lowest BCUT2D eigenvalue weighted by Gasteiger charge is -2.13. The van der Waals surface area contributed by atoms with Crippen LogP contribution in [0.3, 0.4) is 0 Å². The Morgan fingerprint density at radius 3 is 2.38 bits per heavy atom. The van der Waals surface area contributed by atoms with Crippen LogP contribution in [0.1, 0.15) is 23.6 Å². The van der Waals surface area contributed by atoms with Crippen LogP contribution >= 0.6 is 0 Å². The summed E-state index contributed by atoms with van der Waals surface area (Å²) in [7, 11) is 5.84. The van der Waals surface area contributed by atoms with Crippen molar-refractivity contribution in [2.24, 2.45) is 4.99 Å². The molecule has 0 saturated carbocycles. The van der Waals surface area contributed by atoms with E-state index in [0.717, 1.165) is 36.9 Å². The predicted octanol–water partition coefficient (Wildman–Crippen LogP) is 3.01. The second kappa shape index (κ2) is 10.5. The molecule has 0 bridgehead atoms. The molecule has 0 radical (unpaired) electrons. The normalized spacial score (nSPS) is 11.5. The molecule has 0 atom stereocenters. The van der Waals surface area contributed by atoms with E-state index in [0.29, 0.717) is 6.54 Å². The van der Waals surface area contributed by atoms with Gasteiger partial charge in [-0.3, -0.25) is 0 Å². The van der Waals surface area contributed by atoms with Crippen LogP contribution in [0.15, 0.2) is 53.5 Å². The molecule has 0 heterocycles. The SMILES string of the molecule is CCNC(=NCc1cccc(OC)c1)NCc1ccc(CN(C)C)cc1. The molecular weight excluding hydrogens is 324 g/mol. The summed E-state index contributed by atoms with van der Waals surface area (Å²) >= 11 is 0. The van der Waals surface area contributed by atoms with Gasteiger partial charge < -0.3 is 20.3 Å². The minimum atomic E-state index is 0.605. The Balaban J connectivity index is 1.94. The summed E-state index contributed by atoms with van der Waals surface area (Å²) in [5.74, 6) is 1.67. The molecule has 0 amide bonds. The first-order chi connectivity index (χ1) is 12.6. The van der Waals surface area contributed by atoms with Crippen molar-refractivity contribution in [1.29, 1.82) is 0 Å². The van der Waals surface area contributed by atoms with E-state index in [2.05, 4.69) is 71.9 Å². The van der Waals surface area contributed by atoms with Gasteiger partial charge in [-0.15, -0.1) is 0 Å². The zero-order valence-corrected chi connectivity index (χ0v) is 16.2. The average Bonchev–Trinajstić information content (AvgIpc) is 2.65. The maximum atomic E-state index is 5.27. The van der Waals surface area contributed by atoms with Crippen LogP contribution in [0.5, 0.6) is 5.75 Å². The quantitative estimate of drug-likeness (QED) is 0.565. The van der Waals surface area contributed by atoms with Crippen molar-refractivity contribution < 1.29 is 4.74 Å². The molecule has 0 fully saturated rings. The number of ether oxygens (including phenoxy) is 1. The van der Waals surface area contributed by atoms with E-state index >= 15 is 0 Å². The highest BCUT2D eigenvalue weighted by Gasteiger charge is 2.01. The number of methoxy groups -OCH3 is 1. The highest BCUT2D eigenvalue weighted by Crippen LogP contribution is 2.13. The van der Waals surface area contributed by atoms with Gasteiger partial charge in [0.05, 0.1) is 13.7 Å². The molecule has 0 aliphatic carbocycles. The molecule has 0 aliphatic heterocycles. The molecule has 0 aromatic heterocycles. The van der Waals surface area contributed by atoms with Crippen molar-refractivity contribution in [3.63, 3.8) is 0 Å². The van der Waals surface area contributed by atoms with Crippen molar-refractivity contribution in [3.8, 4) is 5.75 Å². The lowest BCUT2D eigenvalue weighted by atomic mass is 10.1. The Morgan fingerprint density at radius 2 is 1.73 bits per heavy atom. The smallest absolute Gasteiger partial charge is 0.191 e. The fourth-order valence-electron chi connectivity index (χ4n) is 2.60. The van der Waals surface area contributed by atoms with Gasteiger partial charge in [-0.1, -0.05) is 36.4 Å². The van der Waals surface area contributed by atoms with Crippen LogP contribution in [0, 0.1) is 0 Å². The molecular formula is C21H30N4O. The zero-order chi connectivity index (χ0) is 18.8. The molecule has 0 unspecified atom stereocenters. The number of hydrogen-bond acceptors (Lipinski definition) is 3. The number of guanidine groups is 1. The Hall–Kier alpha value is -2.53. The lowest BCUT2D eigenvalue weighted by molar-refractivity contribution is 0.402. The maximum Gasteiger partial charge on any atom is 0.191 e. The number of nitrogens with one attached hydrogen (secondary N) is 2. The molecule has 0 saturated heterocycles. The van der Waals surface area contributed by atoms with Gasteiger partial charge in [-0.25, -0.2) is 4.99 Å². The fraction of sp³-hybridized carbons (Fsp3) is 0.381. The van der Waals surface area contributed by atoms with E-state index in [4.69, 9.17) is 4.74 Å². The van der Waals surface area contributed by atoms with E-state index in [1.807, 2.05) is 18.2 Å². The first kappa shape index (κ1) is 19.8. The van der Waals surface area contributed by atoms with Crippen LogP contribution in [-0.4, -0.2) is 38.6 Å². The summed E-state index contributed by atoms with van der Waals surface area (Å²) in [5.41, 5.74) is 3.67. The largest absolute Gasteiger partial charge is 0.497 e. The minimum Gasteiger partial charge on any atom is -0.497 e. The van der Waals surface area contributed by atoms with Crippen molar-refractivity contribution in [3.05, 3.63) is 65.2 Å². The highest BCUT2D eigenvalue weighted by molar-refractivity contribution is 5.79. The van der Waals surface area contributed by atoms with Gasteiger partial charge in [0.15, 0.2) is 5.96 Å². The summed E-state index contributed by atoms with van der Waals surface area (Å²) in [6, 6.07) is 16.7. The third-order valence-corrected chi connectivity index (χ3v) is 3.88. The van der Waals surface area contributed by atoms with Gasteiger partial charge in [-0.05, 0) is 49.8 Å². The summed E-state index contributed by atoms with van der Waals surface area (Å²) in [6.45, 7) is 5.20. The van der Waals surface area contributed by atoms with E-state index in [1.54, 1.807) is 7.11 Å². The molecule has 0 aliphatic rings. The number of benzene rings is 2. The Labute approximate surface area is 157 Å². The van der Waals surface area contributed by atoms with Gasteiger partial charge >= 0.3 is 0 Å². The second-order valence-corrected chi connectivity index (χ2v) is 6.45. The van der Waals surface area contributed by atoms with Crippen molar-refractivity contribution in [2.75, 3.05) is 27.7 Å². The van der Waals surface area contributed by atoms with Crippen LogP contribution in [0.4, 0.5) is 0 Å². The van der Waals surface area contributed by atoms with E-state index < -0.39 is 0 Å². The standard InChI is InChI=1S/C21H30N4O/c1-5-22-21(24-15-19-7-6-8-20(13-19)26-4)23-14-17-9-11-18(12-10-17)16-25(2)3/h6-13H,5,14-16H2,1-4H3,(H2,22,23,24). The van der Waals surface area contributed by atoms with Gasteiger partial charge in [0.25, 0.3) is 0 Å². The second-order valence-electron chi connectivity index (χ2n) is 6.45. The number of aliphatic imine (C=N–C) groups is 1. The van der Waals surface area contributed by atoms with Crippen LogP contribution in [0.25, 0.3) is 0 Å². The van der Waals surface area contributed by atoms with Crippen molar-refractivity contribution >= 4 is 5.96 Å². The van der Waals surface area contributed by atoms with E-state index in [1.165, 1.54) is 11.1 Å². The predicted molar refractivity (Wildman–Crippen MR) is 108 cm³/mol. The van der Waals surface area contributed by atoms with Crippen molar-refractivity contribution in [2.45, 2.75) is 26.6 Å².